The maximum absolute atomic E-state index is 6.01. The van der Waals surface area contributed by atoms with Crippen LogP contribution in [0.4, 0.5) is 5.69 Å². The average molecular weight is 306 g/mol. The highest BCUT2D eigenvalue weighted by atomic mass is 35.5. The molecule has 18 heavy (non-hydrogen) atoms. The second-order valence-corrected chi connectivity index (χ2v) is 7.13. The van der Waals surface area contributed by atoms with Crippen molar-refractivity contribution in [3.05, 3.63) is 34.8 Å². The zero-order valence-electron chi connectivity index (χ0n) is 10.7. The van der Waals surface area contributed by atoms with E-state index in [1.165, 1.54) is 0 Å². The lowest BCUT2D eigenvalue weighted by Gasteiger charge is -2.20. The van der Waals surface area contributed by atoms with Crippen molar-refractivity contribution in [1.29, 1.82) is 0 Å². The molecule has 5 heteroatoms. The van der Waals surface area contributed by atoms with Crippen LogP contribution in [0.15, 0.2) is 24.8 Å². The van der Waals surface area contributed by atoms with E-state index >= 15 is 0 Å². The zero-order valence-corrected chi connectivity index (χ0v) is 13.0. The smallest absolute Gasteiger partial charge is 0.145 e. The van der Waals surface area contributed by atoms with Gasteiger partial charge in [0.15, 0.2) is 0 Å². The summed E-state index contributed by atoms with van der Waals surface area (Å²) in [6.07, 6.45) is 1.68. The van der Waals surface area contributed by atoms with E-state index in [4.69, 9.17) is 27.9 Å². The van der Waals surface area contributed by atoms with Gasteiger partial charge in [-0.2, -0.15) is 0 Å². The summed E-state index contributed by atoms with van der Waals surface area (Å²) in [5, 5.41) is 0.974. The molecule has 0 radical (unpaired) electrons. The number of rotatable bonds is 5. The summed E-state index contributed by atoms with van der Waals surface area (Å²) in [6, 6.07) is 3.47. The summed E-state index contributed by atoms with van der Waals surface area (Å²) >= 11 is 13.6. The Balaban J connectivity index is 2.92. The Bertz CT molecular complexity index is 430. The lowest BCUT2D eigenvalue weighted by molar-refractivity contribution is 0.365. The van der Waals surface area contributed by atoms with Crippen molar-refractivity contribution in [3.63, 3.8) is 0 Å². The summed E-state index contributed by atoms with van der Waals surface area (Å²) in [5.74, 6) is 0.668. The molecule has 0 bridgehead atoms. The fourth-order valence-corrected chi connectivity index (χ4v) is 1.98. The van der Waals surface area contributed by atoms with Crippen molar-refractivity contribution < 1.29 is 4.74 Å². The molecule has 100 valence electrons. The molecule has 1 rings (SSSR count). The highest BCUT2D eigenvalue weighted by Crippen LogP contribution is 2.37. The van der Waals surface area contributed by atoms with Crippen molar-refractivity contribution in [1.82, 2.24) is 0 Å². The lowest BCUT2D eigenvalue weighted by Crippen LogP contribution is -2.11. The third kappa shape index (κ3) is 5.01. The van der Waals surface area contributed by atoms with Crippen molar-refractivity contribution in [2.45, 2.75) is 25.5 Å². The third-order valence-electron chi connectivity index (χ3n) is 1.85. The minimum atomic E-state index is 0.0851. The van der Waals surface area contributed by atoms with Gasteiger partial charge in [0.1, 0.15) is 12.4 Å². The van der Waals surface area contributed by atoms with Gasteiger partial charge < -0.3 is 9.46 Å². The number of ether oxygens (including phenoxy) is 1. The van der Waals surface area contributed by atoms with E-state index in [1.54, 1.807) is 30.2 Å². The van der Waals surface area contributed by atoms with Crippen LogP contribution >= 0.6 is 35.1 Å². The van der Waals surface area contributed by atoms with Crippen molar-refractivity contribution in [2.24, 2.45) is 0 Å². The lowest BCUT2D eigenvalue weighted by atomic mass is 10.3. The van der Waals surface area contributed by atoms with Gasteiger partial charge in [0.05, 0.1) is 15.7 Å². The largest absolute Gasteiger partial charge is 0.487 e. The Labute approximate surface area is 123 Å². The summed E-state index contributed by atoms with van der Waals surface area (Å²) in [7, 11) is 0. The fraction of sp³-hybridized carbons (Fsp3) is 0.385. The minimum Gasteiger partial charge on any atom is -0.487 e. The van der Waals surface area contributed by atoms with E-state index < -0.39 is 0 Å². The van der Waals surface area contributed by atoms with Crippen LogP contribution in [-0.4, -0.2) is 11.4 Å². The highest BCUT2D eigenvalue weighted by molar-refractivity contribution is 8.01. The second kappa shape index (κ2) is 6.60. The van der Waals surface area contributed by atoms with Gasteiger partial charge in [-0.25, -0.2) is 0 Å². The Morgan fingerprint density at radius 1 is 1.33 bits per heavy atom. The Morgan fingerprint density at radius 2 is 1.94 bits per heavy atom. The van der Waals surface area contributed by atoms with Gasteiger partial charge >= 0.3 is 0 Å². The SMILES string of the molecule is C=CCOc1cc(Cl)c(Cl)cc1NSC(C)(C)C. The van der Waals surface area contributed by atoms with Crippen LogP contribution in [0.5, 0.6) is 5.75 Å². The molecule has 1 N–H and O–H groups in total. The number of hydrogen-bond donors (Lipinski definition) is 1. The molecule has 0 atom stereocenters. The Hall–Kier alpha value is -0.510. The van der Waals surface area contributed by atoms with E-state index in [-0.39, 0.29) is 4.75 Å². The number of benzene rings is 1. The molecule has 2 nitrogen and oxygen atoms in total. The monoisotopic (exact) mass is 305 g/mol. The van der Waals surface area contributed by atoms with Crippen LogP contribution in [0.1, 0.15) is 20.8 Å². The van der Waals surface area contributed by atoms with Crippen LogP contribution in [0, 0.1) is 0 Å². The normalized spacial score (nSPS) is 11.2. The zero-order chi connectivity index (χ0) is 13.8. The predicted molar refractivity (Wildman–Crippen MR) is 83.1 cm³/mol. The maximum Gasteiger partial charge on any atom is 0.145 e. The van der Waals surface area contributed by atoms with Crippen LogP contribution in [-0.2, 0) is 0 Å². The predicted octanol–water partition coefficient (Wildman–Crippen LogP) is 5.42. The molecule has 0 aliphatic heterocycles. The first kappa shape index (κ1) is 15.5. The van der Waals surface area contributed by atoms with Gasteiger partial charge in [0, 0.05) is 10.8 Å². The molecule has 0 fully saturated rings. The molecule has 1 aromatic carbocycles. The summed E-state index contributed by atoms with van der Waals surface area (Å²) < 4.78 is 8.88. The quantitative estimate of drug-likeness (QED) is 0.580. The minimum absolute atomic E-state index is 0.0851. The molecular formula is C13H17Cl2NOS. The first-order chi connectivity index (χ1) is 8.33. The van der Waals surface area contributed by atoms with Crippen LogP contribution in [0.25, 0.3) is 0 Å². The Kier molecular flexibility index (Phi) is 5.70. The maximum atomic E-state index is 6.01. The van der Waals surface area contributed by atoms with Gasteiger partial charge in [-0.15, -0.1) is 0 Å². The van der Waals surface area contributed by atoms with Crippen LogP contribution < -0.4 is 9.46 Å². The molecule has 0 heterocycles. The molecule has 0 aliphatic rings. The number of anilines is 1. The number of nitrogens with one attached hydrogen (secondary N) is 1. The molecule has 0 aliphatic carbocycles. The molecular weight excluding hydrogens is 289 g/mol. The van der Waals surface area contributed by atoms with E-state index in [2.05, 4.69) is 32.1 Å². The van der Waals surface area contributed by atoms with E-state index in [0.717, 1.165) is 5.69 Å². The molecule has 0 spiro atoms. The third-order valence-corrected chi connectivity index (χ3v) is 3.50. The van der Waals surface area contributed by atoms with Crippen molar-refractivity contribution in [2.75, 3.05) is 11.3 Å². The first-order valence-corrected chi connectivity index (χ1v) is 7.07. The average Bonchev–Trinajstić information content (AvgIpc) is 2.27. The summed E-state index contributed by atoms with van der Waals surface area (Å²) in [4.78, 5) is 0. The molecule has 0 amide bonds. The van der Waals surface area contributed by atoms with E-state index in [9.17, 15) is 0 Å². The van der Waals surface area contributed by atoms with E-state index in [0.29, 0.717) is 22.4 Å². The summed E-state index contributed by atoms with van der Waals surface area (Å²) in [5.41, 5.74) is 0.811. The number of halogens is 2. The van der Waals surface area contributed by atoms with Gasteiger partial charge in [0.25, 0.3) is 0 Å². The standard InChI is InChI=1S/C13H17Cl2NOS/c1-5-6-17-12-8-10(15)9(14)7-11(12)16-18-13(2,3)4/h5,7-8,16H,1,6H2,2-4H3. The van der Waals surface area contributed by atoms with Crippen LogP contribution in [0.3, 0.4) is 0 Å². The van der Waals surface area contributed by atoms with E-state index in [1.807, 2.05) is 0 Å². The van der Waals surface area contributed by atoms with Crippen molar-refractivity contribution >= 4 is 40.8 Å². The number of hydrogen-bond acceptors (Lipinski definition) is 3. The van der Waals surface area contributed by atoms with Crippen molar-refractivity contribution in [3.8, 4) is 5.75 Å². The van der Waals surface area contributed by atoms with Gasteiger partial charge in [0.2, 0.25) is 0 Å². The first-order valence-electron chi connectivity index (χ1n) is 5.50. The second-order valence-electron chi connectivity index (χ2n) is 4.68. The highest BCUT2D eigenvalue weighted by Gasteiger charge is 2.14. The molecule has 1 aromatic rings. The molecule has 0 unspecified atom stereocenters. The molecule has 0 saturated carbocycles. The molecule has 0 saturated heterocycles. The van der Waals surface area contributed by atoms with Gasteiger partial charge in [-0.1, -0.05) is 35.9 Å². The molecule has 0 aromatic heterocycles. The van der Waals surface area contributed by atoms with Gasteiger partial charge in [-0.05, 0) is 38.8 Å². The fourth-order valence-electron chi connectivity index (χ4n) is 1.08. The summed E-state index contributed by atoms with van der Waals surface area (Å²) in [6.45, 7) is 10.4. The van der Waals surface area contributed by atoms with Crippen LogP contribution in [0.2, 0.25) is 10.0 Å². The van der Waals surface area contributed by atoms with Gasteiger partial charge in [-0.3, -0.25) is 0 Å². The topological polar surface area (TPSA) is 21.3 Å². The Morgan fingerprint density at radius 3 is 2.50 bits per heavy atom.